The number of amides is 2. The van der Waals surface area contributed by atoms with Crippen LogP contribution in [-0.2, 0) is 9.59 Å². The summed E-state index contributed by atoms with van der Waals surface area (Å²) in [7, 11) is 0. The quantitative estimate of drug-likeness (QED) is 0.355. The molecule has 0 radical (unpaired) electrons. The standard InChI is InChI=1S/C18H10ClI2NO5S/c19-10-1-3-11(4-2-10)22-17(25)14(28-18(22)26)7-9-5-12(20)16(13(21)6-9)27-8-15(23)24/h1-7H,8H2,(H,23,24)/b14-7+. The van der Waals surface area contributed by atoms with Crippen LogP contribution in [0.2, 0.25) is 5.02 Å². The van der Waals surface area contributed by atoms with Gasteiger partial charge in [-0.15, -0.1) is 0 Å². The van der Waals surface area contributed by atoms with Crippen LogP contribution < -0.4 is 9.64 Å². The van der Waals surface area contributed by atoms with Gasteiger partial charge >= 0.3 is 5.97 Å². The van der Waals surface area contributed by atoms with E-state index in [0.29, 0.717) is 34.1 Å². The first-order valence-corrected chi connectivity index (χ1v) is 11.0. The van der Waals surface area contributed by atoms with Crippen molar-refractivity contribution in [3.05, 3.63) is 59.0 Å². The number of carbonyl (C=O) groups excluding carboxylic acids is 2. The minimum absolute atomic E-state index is 0.297. The molecule has 1 aliphatic rings. The zero-order valence-corrected chi connectivity index (χ0v) is 19.7. The Morgan fingerprint density at radius 3 is 2.36 bits per heavy atom. The number of aliphatic carboxylic acids is 1. The van der Waals surface area contributed by atoms with Crippen molar-refractivity contribution in [3.63, 3.8) is 0 Å². The number of imide groups is 1. The van der Waals surface area contributed by atoms with Crippen LogP contribution in [-0.4, -0.2) is 28.8 Å². The van der Waals surface area contributed by atoms with Crippen molar-refractivity contribution < 1.29 is 24.2 Å². The molecule has 0 bridgehead atoms. The number of carboxylic acid groups (broad SMARTS) is 1. The second-order valence-electron chi connectivity index (χ2n) is 5.49. The van der Waals surface area contributed by atoms with Gasteiger partial charge in [-0.3, -0.25) is 9.59 Å². The lowest BCUT2D eigenvalue weighted by molar-refractivity contribution is -0.139. The Morgan fingerprint density at radius 1 is 1.18 bits per heavy atom. The molecule has 0 spiro atoms. The van der Waals surface area contributed by atoms with Crippen LogP contribution in [0.25, 0.3) is 6.08 Å². The third-order valence-corrected chi connectivity index (χ3v) is 6.26. The molecule has 2 amide bonds. The molecular formula is C18H10ClI2NO5S. The SMILES string of the molecule is O=C(O)COc1c(I)cc(/C=C2/SC(=O)N(c3ccc(Cl)cc3)C2=O)cc1I. The van der Waals surface area contributed by atoms with Crippen molar-refractivity contribution in [2.75, 3.05) is 11.5 Å². The number of rotatable bonds is 5. The number of hydrogen-bond donors (Lipinski definition) is 1. The molecule has 0 aliphatic carbocycles. The van der Waals surface area contributed by atoms with Crippen LogP contribution in [0.3, 0.4) is 0 Å². The second kappa shape index (κ2) is 9.01. The number of benzene rings is 2. The summed E-state index contributed by atoms with van der Waals surface area (Å²) in [4.78, 5) is 37.1. The van der Waals surface area contributed by atoms with E-state index in [0.717, 1.165) is 16.7 Å². The highest BCUT2D eigenvalue weighted by atomic mass is 127. The summed E-state index contributed by atoms with van der Waals surface area (Å²) < 4.78 is 6.70. The first-order valence-electron chi connectivity index (χ1n) is 7.63. The van der Waals surface area contributed by atoms with E-state index >= 15 is 0 Å². The van der Waals surface area contributed by atoms with Gasteiger partial charge in [0.1, 0.15) is 5.75 Å². The molecule has 2 aromatic rings. The van der Waals surface area contributed by atoms with Gasteiger partial charge in [-0.2, -0.15) is 0 Å². The first-order chi connectivity index (χ1) is 13.3. The summed E-state index contributed by atoms with van der Waals surface area (Å²) in [5.41, 5.74) is 1.16. The zero-order valence-electron chi connectivity index (χ0n) is 13.8. The fourth-order valence-corrected chi connectivity index (χ4v) is 5.46. The van der Waals surface area contributed by atoms with Gasteiger partial charge in [-0.1, -0.05) is 11.6 Å². The molecule has 1 fully saturated rings. The summed E-state index contributed by atoms with van der Waals surface area (Å²) >= 11 is 10.8. The molecule has 1 N–H and O–H groups in total. The molecule has 1 saturated heterocycles. The van der Waals surface area contributed by atoms with Gasteiger partial charge in [0, 0.05) is 5.02 Å². The number of carboxylic acids is 1. The van der Waals surface area contributed by atoms with Crippen molar-refractivity contribution in [1.82, 2.24) is 0 Å². The maximum absolute atomic E-state index is 12.7. The summed E-state index contributed by atoms with van der Waals surface area (Å²) in [5.74, 6) is -1.00. The van der Waals surface area contributed by atoms with E-state index in [9.17, 15) is 14.4 Å². The van der Waals surface area contributed by atoms with Gasteiger partial charge in [-0.05, 0) is 105 Å². The lowest BCUT2D eigenvalue weighted by Crippen LogP contribution is -2.27. The fourth-order valence-electron chi connectivity index (χ4n) is 2.37. The normalized spacial score (nSPS) is 15.4. The highest BCUT2D eigenvalue weighted by Gasteiger charge is 2.36. The fraction of sp³-hybridized carbons (Fsp3) is 0.0556. The van der Waals surface area contributed by atoms with Crippen LogP contribution >= 0.6 is 68.5 Å². The van der Waals surface area contributed by atoms with Crippen LogP contribution in [0.4, 0.5) is 10.5 Å². The van der Waals surface area contributed by atoms with Crippen molar-refractivity contribution >= 4 is 97.4 Å². The number of nitrogens with zero attached hydrogens (tertiary/aromatic N) is 1. The number of carbonyl (C=O) groups is 3. The van der Waals surface area contributed by atoms with Gasteiger partial charge in [0.15, 0.2) is 6.61 Å². The first kappa shape index (κ1) is 21.4. The topological polar surface area (TPSA) is 83.9 Å². The maximum Gasteiger partial charge on any atom is 0.341 e. The maximum atomic E-state index is 12.7. The smallest absolute Gasteiger partial charge is 0.341 e. The number of thioether (sulfide) groups is 1. The van der Waals surface area contributed by atoms with Crippen molar-refractivity contribution in [1.29, 1.82) is 0 Å². The predicted molar refractivity (Wildman–Crippen MR) is 125 cm³/mol. The van der Waals surface area contributed by atoms with E-state index < -0.39 is 18.5 Å². The molecule has 0 unspecified atom stereocenters. The molecule has 144 valence electrons. The summed E-state index contributed by atoms with van der Waals surface area (Å²) in [6.07, 6.45) is 1.63. The summed E-state index contributed by atoms with van der Waals surface area (Å²) in [6, 6.07) is 9.98. The lowest BCUT2D eigenvalue weighted by atomic mass is 10.2. The van der Waals surface area contributed by atoms with Crippen molar-refractivity contribution in [3.8, 4) is 5.75 Å². The van der Waals surface area contributed by atoms with Crippen LogP contribution in [0.1, 0.15) is 5.56 Å². The molecular weight excluding hydrogens is 632 g/mol. The second-order valence-corrected chi connectivity index (χ2v) is 9.24. The highest BCUT2D eigenvalue weighted by Crippen LogP contribution is 2.37. The molecule has 2 aromatic carbocycles. The van der Waals surface area contributed by atoms with Gasteiger partial charge in [0.25, 0.3) is 11.1 Å². The van der Waals surface area contributed by atoms with Crippen molar-refractivity contribution in [2.45, 2.75) is 0 Å². The average Bonchev–Trinajstić information content (AvgIpc) is 2.88. The van der Waals surface area contributed by atoms with Gasteiger partial charge in [0.05, 0.1) is 17.7 Å². The Balaban J connectivity index is 1.87. The Morgan fingerprint density at radius 2 is 1.79 bits per heavy atom. The third kappa shape index (κ3) is 4.81. The Hall–Kier alpha value is -1.31. The van der Waals surface area contributed by atoms with Gasteiger partial charge in [0.2, 0.25) is 0 Å². The number of ether oxygens (including phenoxy) is 1. The number of anilines is 1. The minimum Gasteiger partial charge on any atom is -0.480 e. The van der Waals surface area contributed by atoms with E-state index in [4.69, 9.17) is 21.4 Å². The molecule has 0 saturated carbocycles. The number of hydrogen-bond acceptors (Lipinski definition) is 5. The Bertz CT molecular complexity index is 987. The molecule has 0 atom stereocenters. The molecule has 3 rings (SSSR count). The van der Waals surface area contributed by atoms with E-state index in [2.05, 4.69) is 0 Å². The van der Waals surface area contributed by atoms with Crippen molar-refractivity contribution in [2.24, 2.45) is 0 Å². The monoisotopic (exact) mass is 641 g/mol. The summed E-state index contributed by atoms with van der Waals surface area (Å²) in [6.45, 7) is -0.439. The van der Waals surface area contributed by atoms with E-state index in [-0.39, 0.29) is 5.24 Å². The van der Waals surface area contributed by atoms with Gasteiger partial charge in [-0.25, -0.2) is 9.69 Å². The molecule has 10 heteroatoms. The molecule has 28 heavy (non-hydrogen) atoms. The third-order valence-electron chi connectivity index (χ3n) is 3.54. The van der Waals surface area contributed by atoms with E-state index in [1.807, 2.05) is 45.2 Å². The molecule has 1 heterocycles. The zero-order chi connectivity index (χ0) is 20.4. The predicted octanol–water partition coefficient (Wildman–Crippen LogP) is 5.25. The summed E-state index contributed by atoms with van der Waals surface area (Å²) in [5, 5.41) is 8.89. The molecule has 1 aliphatic heterocycles. The number of halogens is 3. The van der Waals surface area contributed by atoms with Crippen LogP contribution in [0.5, 0.6) is 5.75 Å². The lowest BCUT2D eigenvalue weighted by Gasteiger charge is -2.12. The Labute approximate surface area is 196 Å². The van der Waals surface area contributed by atoms with Crippen LogP contribution in [0.15, 0.2) is 41.3 Å². The van der Waals surface area contributed by atoms with Crippen LogP contribution in [0, 0.1) is 7.14 Å². The molecule has 6 nitrogen and oxygen atoms in total. The molecule has 0 aromatic heterocycles. The Kier molecular flexibility index (Phi) is 6.89. The van der Waals surface area contributed by atoms with Gasteiger partial charge < -0.3 is 9.84 Å². The van der Waals surface area contributed by atoms with E-state index in [1.165, 1.54) is 0 Å². The largest absolute Gasteiger partial charge is 0.480 e. The average molecular weight is 642 g/mol. The van der Waals surface area contributed by atoms with E-state index in [1.54, 1.807) is 42.5 Å². The highest BCUT2D eigenvalue weighted by molar-refractivity contribution is 14.1. The minimum atomic E-state index is -1.06.